The second kappa shape index (κ2) is 8.05. The van der Waals surface area contributed by atoms with Gasteiger partial charge in [0.15, 0.2) is 0 Å². The van der Waals surface area contributed by atoms with Gasteiger partial charge in [0.1, 0.15) is 0 Å². The fourth-order valence-corrected chi connectivity index (χ4v) is 6.08. The van der Waals surface area contributed by atoms with Crippen LogP contribution in [0.25, 0.3) is 22.2 Å². The number of nitrogens with one attached hydrogen (secondary N) is 1. The number of likely N-dealkylation sites (tertiary alicyclic amines) is 1. The Labute approximate surface area is 184 Å². The van der Waals surface area contributed by atoms with Crippen molar-refractivity contribution < 1.29 is 4.74 Å². The average Bonchev–Trinajstić information content (AvgIpc) is 3.33. The third kappa shape index (κ3) is 3.79. The molecule has 3 aromatic rings. The predicted octanol–water partition coefficient (Wildman–Crippen LogP) is 4.26. The average molecular weight is 417 g/mol. The number of aromatic nitrogens is 2. The van der Waals surface area contributed by atoms with Crippen LogP contribution in [0.2, 0.25) is 0 Å². The molecule has 2 saturated heterocycles. The Morgan fingerprint density at radius 2 is 1.90 bits per heavy atom. The number of hydrogen-bond donors (Lipinski definition) is 1. The van der Waals surface area contributed by atoms with Crippen molar-refractivity contribution in [3.63, 3.8) is 0 Å². The Hall–Kier alpha value is -2.21. The van der Waals surface area contributed by atoms with Crippen LogP contribution in [0.4, 0.5) is 0 Å². The van der Waals surface area contributed by atoms with Crippen LogP contribution in [0.1, 0.15) is 36.4 Å². The smallest absolute Gasteiger partial charge is 0.0795 e. The summed E-state index contributed by atoms with van der Waals surface area (Å²) in [5.74, 6) is 1.59. The van der Waals surface area contributed by atoms with Crippen molar-refractivity contribution >= 4 is 10.9 Å². The lowest BCUT2D eigenvalue weighted by Crippen LogP contribution is -2.35. The Balaban J connectivity index is 1.24. The SMILES string of the molecule is CN1CC2CC(c3ccc(-c4nccc5[nH]c(CN6CCOCC6)cc45)cc3)CC1C2. The number of aromatic amines is 1. The van der Waals surface area contributed by atoms with Crippen LogP contribution in [0.5, 0.6) is 0 Å². The number of fused-ring (bicyclic) bond motifs is 3. The highest BCUT2D eigenvalue weighted by atomic mass is 16.5. The van der Waals surface area contributed by atoms with E-state index in [-0.39, 0.29) is 0 Å². The summed E-state index contributed by atoms with van der Waals surface area (Å²) in [6, 6.07) is 14.4. The number of hydrogen-bond acceptors (Lipinski definition) is 4. The number of rotatable bonds is 4. The maximum atomic E-state index is 5.48. The zero-order chi connectivity index (χ0) is 20.8. The van der Waals surface area contributed by atoms with Crippen LogP contribution in [-0.2, 0) is 11.3 Å². The van der Waals surface area contributed by atoms with Crippen LogP contribution >= 0.6 is 0 Å². The highest BCUT2D eigenvalue weighted by molar-refractivity contribution is 5.93. The maximum Gasteiger partial charge on any atom is 0.0795 e. The molecule has 1 aliphatic carbocycles. The van der Waals surface area contributed by atoms with E-state index in [4.69, 9.17) is 9.72 Å². The first kappa shape index (κ1) is 19.5. The van der Waals surface area contributed by atoms with E-state index in [0.717, 1.165) is 50.5 Å². The van der Waals surface area contributed by atoms with Gasteiger partial charge in [0, 0.05) is 60.6 Å². The van der Waals surface area contributed by atoms with Gasteiger partial charge in [0.25, 0.3) is 0 Å². The molecule has 0 amide bonds. The van der Waals surface area contributed by atoms with E-state index in [0.29, 0.717) is 5.92 Å². The molecule has 3 unspecified atom stereocenters. The molecule has 4 heterocycles. The third-order valence-corrected chi connectivity index (χ3v) is 7.71. The van der Waals surface area contributed by atoms with Gasteiger partial charge in [0.05, 0.1) is 18.9 Å². The highest BCUT2D eigenvalue weighted by Gasteiger charge is 2.37. The molecule has 1 N–H and O–H groups in total. The number of pyridine rings is 1. The lowest BCUT2D eigenvalue weighted by atomic mass is 9.78. The zero-order valence-electron chi connectivity index (χ0n) is 18.4. The molecule has 31 heavy (non-hydrogen) atoms. The third-order valence-electron chi connectivity index (χ3n) is 7.71. The van der Waals surface area contributed by atoms with Crippen LogP contribution in [-0.4, -0.2) is 65.7 Å². The Kier molecular flexibility index (Phi) is 5.05. The highest BCUT2D eigenvalue weighted by Crippen LogP contribution is 2.43. The lowest BCUT2D eigenvalue weighted by Gasteiger charge is -2.28. The summed E-state index contributed by atoms with van der Waals surface area (Å²) in [4.78, 5) is 13.4. The van der Waals surface area contributed by atoms with E-state index in [1.165, 1.54) is 53.5 Å². The van der Waals surface area contributed by atoms with Gasteiger partial charge >= 0.3 is 0 Å². The van der Waals surface area contributed by atoms with Gasteiger partial charge in [-0.05, 0) is 55.8 Å². The molecular weight excluding hydrogens is 384 g/mol. The number of benzene rings is 1. The van der Waals surface area contributed by atoms with Crippen molar-refractivity contribution in [2.45, 2.75) is 37.8 Å². The van der Waals surface area contributed by atoms with Gasteiger partial charge in [-0.15, -0.1) is 0 Å². The minimum atomic E-state index is 0.707. The summed E-state index contributed by atoms with van der Waals surface area (Å²) in [7, 11) is 2.30. The summed E-state index contributed by atoms with van der Waals surface area (Å²) in [6.07, 6.45) is 5.98. The summed E-state index contributed by atoms with van der Waals surface area (Å²) >= 11 is 0. The summed E-state index contributed by atoms with van der Waals surface area (Å²) < 4.78 is 5.48. The first-order valence-electron chi connectivity index (χ1n) is 11.8. The monoisotopic (exact) mass is 416 g/mol. The molecule has 2 bridgehead atoms. The molecule has 1 aromatic carbocycles. The molecule has 2 aromatic heterocycles. The van der Waals surface area contributed by atoms with Crippen LogP contribution in [0.15, 0.2) is 42.6 Å². The topological polar surface area (TPSA) is 44.4 Å². The van der Waals surface area contributed by atoms with Gasteiger partial charge in [-0.25, -0.2) is 0 Å². The molecule has 5 heteroatoms. The van der Waals surface area contributed by atoms with Crippen molar-refractivity contribution in [3.05, 3.63) is 53.9 Å². The van der Waals surface area contributed by atoms with E-state index in [1.807, 2.05) is 6.20 Å². The second-order valence-electron chi connectivity index (χ2n) is 9.79. The Morgan fingerprint density at radius 3 is 2.71 bits per heavy atom. The van der Waals surface area contributed by atoms with Crippen molar-refractivity contribution in [2.24, 2.45) is 5.92 Å². The molecule has 3 fully saturated rings. The molecule has 0 spiro atoms. The quantitative estimate of drug-likeness (QED) is 0.690. The first-order chi connectivity index (χ1) is 15.2. The van der Waals surface area contributed by atoms with Gasteiger partial charge in [-0.3, -0.25) is 9.88 Å². The minimum absolute atomic E-state index is 0.707. The molecule has 0 radical (unpaired) electrons. The summed E-state index contributed by atoms with van der Waals surface area (Å²) in [5.41, 5.74) is 6.22. The van der Waals surface area contributed by atoms with Crippen molar-refractivity contribution in [2.75, 3.05) is 39.9 Å². The number of H-pyrrole nitrogens is 1. The molecule has 162 valence electrons. The van der Waals surface area contributed by atoms with E-state index < -0.39 is 0 Å². The lowest BCUT2D eigenvalue weighted by molar-refractivity contribution is 0.0337. The van der Waals surface area contributed by atoms with E-state index in [9.17, 15) is 0 Å². The normalized spacial score (nSPS) is 27.2. The molecule has 5 nitrogen and oxygen atoms in total. The van der Waals surface area contributed by atoms with Crippen LogP contribution < -0.4 is 0 Å². The Morgan fingerprint density at radius 1 is 1.06 bits per heavy atom. The molecular formula is C26H32N4O. The van der Waals surface area contributed by atoms with E-state index in [1.54, 1.807) is 0 Å². The fourth-order valence-electron chi connectivity index (χ4n) is 6.08. The number of nitrogens with zero attached hydrogens (tertiary/aromatic N) is 3. The molecule has 6 rings (SSSR count). The second-order valence-corrected chi connectivity index (χ2v) is 9.79. The summed E-state index contributed by atoms with van der Waals surface area (Å²) in [6.45, 7) is 5.89. The predicted molar refractivity (Wildman–Crippen MR) is 124 cm³/mol. The molecule has 2 aliphatic heterocycles. The number of morpholine rings is 1. The first-order valence-corrected chi connectivity index (χ1v) is 11.8. The molecule has 1 saturated carbocycles. The Bertz CT molecular complexity index is 1050. The minimum Gasteiger partial charge on any atom is -0.379 e. The van der Waals surface area contributed by atoms with E-state index in [2.05, 4.69) is 58.2 Å². The van der Waals surface area contributed by atoms with Crippen molar-refractivity contribution in [1.29, 1.82) is 0 Å². The fraction of sp³-hybridized carbons (Fsp3) is 0.500. The van der Waals surface area contributed by atoms with Gasteiger partial charge in [-0.2, -0.15) is 0 Å². The zero-order valence-corrected chi connectivity index (χ0v) is 18.4. The van der Waals surface area contributed by atoms with Gasteiger partial charge < -0.3 is 14.6 Å². The van der Waals surface area contributed by atoms with Crippen molar-refractivity contribution in [3.8, 4) is 11.3 Å². The molecule has 3 aliphatic rings. The standard InChI is InChI=1S/C26H32N4O/c1-29-16-18-12-21(14-23(29)13-18)19-2-4-20(5-3-19)26-24-15-22(28-25(24)6-7-27-26)17-30-8-10-31-11-9-30/h2-7,15,18,21,23,28H,8-14,16-17H2,1H3. The number of ether oxygens (including phenoxy) is 1. The maximum absolute atomic E-state index is 5.48. The van der Waals surface area contributed by atoms with E-state index >= 15 is 0 Å². The van der Waals surface area contributed by atoms with Crippen LogP contribution in [0, 0.1) is 5.92 Å². The molecule has 3 atom stereocenters. The van der Waals surface area contributed by atoms with Gasteiger partial charge in [-0.1, -0.05) is 24.3 Å². The largest absolute Gasteiger partial charge is 0.379 e. The van der Waals surface area contributed by atoms with Gasteiger partial charge in [0.2, 0.25) is 0 Å². The van der Waals surface area contributed by atoms with Crippen molar-refractivity contribution in [1.82, 2.24) is 19.8 Å². The summed E-state index contributed by atoms with van der Waals surface area (Å²) in [5, 5.41) is 1.22. The van der Waals surface area contributed by atoms with Crippen LogP contribution in [0.3, 0.4) is 0 Å².